The summed E-state index contributed by atoms with van der Waals surface area (Å²) in [7, 11) is 1.66. The van der Waals surface area contributed by atoms with E-state index in [0.29, 0.717) is 6.42 Å². The van der Waals surface area contributed by atoms with Crippen molar-refractivity contribution in [3.05, 3.63) is 29.3 Å². The first-order valence-electron chi connectivity index (χ1n) is 7.52. The summed E-state index contributed by atoms with van der Waals surface area (Å²) in [6.45, 7) is 3.87. The average molecular weight is 359 g/mol. The van der Waals surface area contributed by atoms with Crippen LogP contribution in [0.3, 0.4) is 0 Å². The molecule has 2 amide bonds. The van der Waals surface area contributed by atoms with E-state index in [-0.39, 0.29) is 28.8 Å². The second-order valence-electron chi connectivity index (χ2n) is 5.26. The van der Waals surface area contributed by atoms with Gasteiger partial charge in [-0.25, -0.2) is 0 Å². The Morgan fingerprint density at radius 1 is 1.35 bits per heavy atom. The summed E-state index contributed by atoms with van der Waals surface area (Å²) in [4.78, 5) is 22.9. The Kier molecular flexibility index (Phi) is 8.44. The maximum absolute atomic E-state index is 11.7. The predicted octanol–water partition coefficient (Wildman–Crippen LogP) is 2.90. The molecule has 2 rings (SSSR count). The van der Waals surface area contributed by atoms with Crippen molar-refractivity contribution in [2.75, 3.05) is 13.7 Å². The molecule has 0 aromatic heterocycles. The van der Waals surface area contributed by atoms with Crippen LogP contribution in [0.1, 0.15) is 30.9 Å². The maximum atomic E-state index is 11.7. The largest absolute Gasteiger partial charge is 0.496 e. The highest BCUT2D eigenvalue weighted by Gasteiger charge is 2.31. The highest BCUT2D eigenvalue weighted by atomic mass is 35.5. The zero-order valence-electron chi connectivity index (χ0n) is 13.4. The Labute approximate surface area is 147 Å². The number of halogens is 1. The summed E-state index contributed by atoms with van der Waals surface area (Å²) in [5.74, 6) is 0.640. The van der Waals surface area contributed by atoms with Gasteiger partial charge in [-0.2, -0.15) is 0 Å². The van der Waals surface area contributed by atoms with Crippen LogP contribution in [0, 0.1) is 0 Å². The molecule has 0 bridgehead atoms. The lowest BCUT2D eigenvalue weighted by Crippen LogP contribution is -2.25. The number of imide groups is 1. The quantitative estimate of drug-likeness (QED) is 0.699. The molecule has 5 nitrogen and oxygen atoms in total. The molecule has 128 valence electrons. The normalized spacial score (nSPS) is 16.9. The van der Waals surface area contributed by atoms with Crippen LogP contribution in [-0.2, 0) is 17.8 Å². The molecule has 1 fully saturated rings. The van der Waals surface area contributed by atoms with E-state index in [9.17, 15) is 9.59 Å². The summed E-state index contributed by atoms with van der Waals surface area (Å²) in [6.07, 6.45) is 2.85. The second kappa shape index (κ2) is 9.80. The standard InChI is InChI=1S/C16H22N2O3S.ClH/c1-3-4-7-17-10-12-8-11(5-6-13(12)21-2)9-14-15(19)18-16(20)22-14;/h5-6,8,14,17H,3-4,7,9-10H2,1-2H3,(H,18,19,20);1H. The number of hydrogen-bond acceptors (Lipinski definition) is 5. The lowest BCUT2D eigenvalue weighted by atomic mass is 10.0. The van der Waals surface area contributed by atoms with Gasteiger partial charge in [0.05, 0.1) is 12.4 Å². The number of benzene rings is 1. The molecule has 0 saturated carbocycles. The molecule has 1 unspecified atom stereocenters. The van der Waals surface area contributed by atoms with Gasteiger partial charge in [-0.05, 0) is 31.0 Å². The highest BCUT2D eigenvalue weighted by Crippen LogP contribution is 2.26. The Morgan fingerprint density at radius 3 is 2.74 bits per heavy atom. The van der Waals surface area contributed by atoms with Crippen LogP contribution in [-0.4, -0.2) is 30.1 Å². The topological polar surface area (TPSA) is 67.4 Å². The van der Waals surface area contributed by atoms with Crippen LogP contribution in [0.15, 0.2) is 18.2 Å². The van der Waals surface area contributed by atoms with E-state index >= 15 is 0 Å². The van der Waals surface area contributed by atoms with E-state index in [0.717, 1.165) is 54.6 Å². The van der Waals surface area contributed by atoms with Crippen molar-refractivity contribution in [2.24, 2.45) is 0 Å². The van der Waals surface area contributed by atoms with Crippen LogP contribution in [0.25, 0.3) is 0 Å². The van der Waals surface area contributed by atoms with Gasteiger partial charge in [-0.15, -0.1) is 12.4 Å². The summed E-state index contributed by atoms with van der Waals surface area (Å²) in [5.41, 5.74) is 2.11. The Hall–Kier alpha value is -1.24. The van der Waals surface area contributed by atoms with Crippen molar-refractivity contribution in [1.29, 1.82) is 0 Å². The zero-order chi connectivity index (χ0) is 15.9. The Morgan fingerprint density at radius 2 is 2.13 bits per heavy atom. The van der Waals surface area contributed by atoms with Gasteiger partial charge in [-0.1, -0.05) is 37.2 Å². The summed E-state index contributed by atoms with van der Waals surface area (Å²) >= 11 is 1.06. The molecular formula is C16H23ClN2O3S. The molecule has 1 atom stereocenters. The molecule has 23 heavy (non-hydrogen) atoms. The summed E-state index contributed by atoms with van der Waals surface area (Å²) < 4.78 is 5.39. The van der Waals surface area contributed by atoms with Gasteiger partial charge in [0.25, 0.3) is 5.24 Å². The highest BCUT2D eigenvalue weighted by molar-refractivity contribution is 8.15. The molecule has 1 saturated heterocycles. The molecule has 0 spiro atoms. The van der Waals surface area contributed by atoms with Gasteiger partial charge in [-0.3, -0.25) is 14.9 Å². The number of carbonyl (C=O) groups is 2. The van der Waals surface area contributed by atoms with Crippen molar-refractivity contribution >= 4 is 35.3 Å². The van der Waals surface area contributed by atoms with Gasteiger partial charge < -0.3 is 10.1 Å². The van der Waals surface area contributed by atoms with Crippen molar-refractivity contribution < 1.29 is 14.3 Å². The molecule has 7 heteroatoms. The van der Waals surface area contributed by atoms with Gasteiger partial charge in [0.1, 0.15) is 5.75 Å². The Bertz CT molecular complexity index is 554. The number of amides is 2. The van der Waals surface area contributed by atoms with Crippen LogP contribution in [0.4, 0.5) is 4.79 Å². The van der Waals surface area contributed by atoms with Gasteiger partial charge in [0.15, 0.2) is 0 Å². The number of hydrogen-bond donors (Lipinski definition) is 2. The zero-order valence-corrected chi connectivity index (χ0v) is 15.0. The molecular weight excluding hydrogens is 336 g/mol. The average Bonchev–Trinajstić information content (AvgIpc) is 2.82. The molecule has 0 aliphatic carbocycles. The van der Waals surface area contributed by atoms with Crippen LogP contribution >= 0.6 is 24.2 Å². The van der Waals surface area contributed by atoms with E-state index in [2.05, 4.69) is 23.6 Å². The van der Waals surface area contributed by atoms with Crippen molar-refractivity contribution in [3.8, 4) is 5.75 Å². The summed E-state index contributed by atoms with van der Waals surface area (Å²) in [6, 6.07) is 5.92. The number of rotatable bonds is 8. The van der Waals surface area contributed by atoms with E-state index < -0.39 is 0 Å². The monoisotopic (exact) mass is 358 g/mol. The number of methoxy groups -OCH3 is 1. The fraction of sp³-hybridized carbons (Fsp3) is 0.500. The molecule has 0 radical (unpaired) electrons. The molecule has 1 aliphatic heterocycles. The molecule has 1 heterocycles. The van der Waals surface area contributed by atoms with Crippen LogP contribution in [0.5, 0.6) is 5.75 Å². The number of nitrogens with one attached hydrogen (secondary N) is 2. The minimum Gasteiger partial charge on any atom is -0.496 e. The van der Waals surface area contributed by atoms with Gasteiger partial charge in [0.2, 0.25) is 5.91 Å². The molecule has 1 aliphatic rings. The number of unbranched alkanes of at least 4 members (excludes halogenated alkanes) is 1. The molecule has 1 aromatic carbocycles. The SMILES string of the molecule is CCCCNCc1cc(CC2SC(=O)NC2=O)ccc1OC.Cl. The number of ether oxygens (including phenoxy) is 1. The van der Waals surface area contributed by atoms with Crippen molar-refractivity contribution in [3.63, 3.8) is 0 Å². The van der Waals surface area contributed by atoms with Crippen LogP contribution < -0.4 is 15.4 Å². The fourth-order valence-corrected chi connectivity index (χ4v) is 3.22. The smallest absolute Gasteiger partial charge is 0.286 e. The van der Waals surface area contributed by atoms with Crippen LogP contribution in [0.2, 0.25) is 0 Å². The van der Waals surface area contributed by atoms with E-state index in [1.165, 1.54) is 0 Å². The molecule has 2 N–H and O–H groups in total. The van der Waals surface area contributed by atoms with E-state index in [1.807, 2.05) is 12.1 Å². The van der Waals surface area contributed by atoms with Crippen molar-refractivity contribution in [1.82, 2.24) is 10.6 Å². The fourth-order valence-electron chi connectivity index (χ4n) is 2.36. The predicted molar refractivity (Wildman–Crippen MR) is 95.5 cm³/mol. The summed E-state index contributed by atoms with van der Waals surface area (Å²) in [5, 5.41) is 5.13. The van der Waals surface area contributed by atoms with E-state index in [4.69, 9.17) is 4.74 Å². The molecule has 1 aromatic rings. The van der Waals surface area contributed by atoms with Gasteiger partial charge in [0, 0.05) is 12.1 Å². The second-order valence-corrected chi connectivity index (χ2v) is 6.44. The number of carbonyl (C=O) groups excluding carboxylic acids is 2. The number of thioether (sulfide) groups is 1. The maximum Gasteiger partial charge on any atom is 0.286 e. The first-order chi connectivity index (χ1) is 10.6. The minimum absolute atomic E-state index is 0. The third kappa shape index (κ3) is 5.71. The van der Waals surface area contributed by atoms with E-state index in [1.54, 1.807) is 7.11 Å². The first-order valence-corrected chi connectivity index (χ1v) is 8.40. The third-order valence-corrected chi connectivity index (χ3v) is 4.54. The van der Waals surface area contributed by atoms with Gasteiger partial charge >= 0.3 is 0 Å². The lowest BCUT2D eigenvalue weighted by molar-refractivity contribution is -0.118. The minimum atomic E-state index is -0.332. The van der Waals surface area contributed by atoms with Crippen molar-refractivity contribution in [2.45, 2.75) is 38.0 Å². The first kappa shape index (κ1) is 19.8. The Balaban J connectivity index is 0.00000264. The third-order valence-electron chi connectivity index (χ3n) is 3.56. The lowest BCUT2D eigenvalue weighted by Gasteiger charge is -2.13.